The van der Waals surface area contributed by atoms with E-state index in [1.807, 2.05) is 44.2 Å². The Bertz CT molecular complexity index is 496. The minimum atomic E-state index is -0.500. The highest BCUT2D eigenvalue weighted by Gasteiger charge is 2.53. The number of hydrogen-bond donors (Lipinski definition) is 1. The summed E-state index contributed by atoms with van der Waals surface area (Å²) < 4.78 is 10.6. The number of nitrogens with one attached hydrogen (secondary N) is 1. The van der Waals surface area contributed by atoms with Crippen molar-refractivity contribution in [2.75, 3.05) is 6.61 Å². The molecule has 21 heavy (non-hydrogen) atoms. The normalized spacial score (nSPS) is 19.5. The molecule has 1 aromatic carbocycles. The Kier molecular flexibility index (Phi) is 4.96. The second-order valence-electron chi connectivity index (χ2n) is 5.17. The first-order chi connectivity index (χ1) is 10.1. The molecule has 1 fully saturated rings. The quantitative estimate of drug-likeness (QED) is 0.616. The standard InChI is InChI=1S/C16H21NO4/c1-3-16(4-2)14(19)17-15(16)21-11-13(18)20-10-12-8-6-5-7-9-12/h5-9,15H,3-4,10-11H2,1-2H3,(H,17,19)/t15-/m1/s1. The van der Waals surface area contributed by atoms with E-state index in [4.69, 9.17) is 9.47 Å². The number of carbonyl (C=O) groups excluding carboxylic acids is 2. The van der Waals surface area contributed by atoms with Crippen LogP contribution in [0.15, 0.2) is 30.3 Å². The average Bonchev–Trinajstić information content (AvgIpc) is 2.51. The van der Waals surface area contributed by atoms with E-state index in [0.29, 0.717) is 12.8 Å². The van der Waals surface area contributed by atoms with Gasteiger partial charge in [0, 0.05) is 0 Å². The first-order valence-corrected chi connectivity index (χ1v) is 7.24. The lowest BCUT2D eigenvalue weighted by molar-refractivity contribution is -0.183. The van der Waals surface area contributed by atoms with Crippen LogP contribution in [0.4, 0.5) is 0 Å². The van der Waals surface area contributed by atoms with Gasteiger partial charge in [-0.2, -0.15) is 0 Å². The molecule has 0 bridgehead atoms. The van der Waals surface area contributed by atoms with Gasteiger partial charge in [0.05, 0.1) is 5.41 Å². The first-order valence-electron chi connectivity index (χ1n) is 7.24. The number of carbonyl (C=O) groups is 2. The molecule has 0 unspecified atom stereocenters. The van der Waals surface area contributed by atoms with Gasteiger partial charge in [-0.25, -0.2) is 4.79 Å². The van der Waals surface area contributed by atoms with Gasteiger partial charge in [-0.15, -0.1) is 0 Å². The molecule has 0 radical (unpaired) electrons. The summed E-state index contributed by atoms with van der Waals surface area (Å²) in [6.45, 7) is 3.98. The summed E-state index contributed by atoms with van der Waals surface area (Å²) in [5, 5.41) is 2.70. The Labute approximate surface area is 124 Å². The van der Waals surface area contributed by atoms with Crippen LogP contribution in [0.1, 0.15) is 32.3 Å². The Morgan fingerprint density at radius 2 is 1.90 bits per heavy atom. The Morgan fingerprint density at radius 3 is 2.48 bits per heavy atom. The molecule has 1 atom stereocenters. The average molecular weight is 291 g/mol. The van der Waals surface area contributed by atoms with Crippen molar-refractivity contribution in [2.45, 2.75) is 39.5 Å². The molecule has 1 heterocycles. The minimum absolute atomic E-state index is 0.00449. The second-order valence-corrected chi connectivity index (χ2v) is 5.17. The predicted molar refractivity (Wildman–Crippen MR) is 77.1 cm³/mol. The molecule has 0 aliphatic carbocycles. The molecule has 0 spiro atoms. The van der Waals surface area contributed by atoms with E-state index in [1.165, 1.54) is 0 Å². The molecule has 1 aliphatic heterocycles. The van der Waals surface area contributed by atoms with Crippen LogP contribution in [0.25, 0.3) is 0 Å². The number of benzene rings is 1. The fraction of sp³-hybridized carbons (Fsp3) is 0.500. The van der Waals surface area contributed by atoms with Gasteiger partial charge in [0.25, 0.3) is 0 Å². The van der Waals surface area contributed by atoms with Crippen molar-refractivity contribution < 1.29 is 19.1 Å². The minimum Gasteiger partial charge on any atom is -0.459 e. The van der Waals surface area contributed by atoms with Crippen LogP contribution in [0.5, 0.6) is 0 Å². The highest BCUT2D eigenvalue weighted by atomic mass is 16.6. The highest BCUT2D eigenvalue weighted by molar-refractivity contribution is 5.89. The van der Waals surface area contributed by atoms with Gasteiger partial charge in [-0.3, -0.25) is 4.79 Å². The first kappa shape index (κ1) is 15.5. The zero-order valence-corrected chi connectivity index (χ0v) is 12.4. The molecule has 1 amide bonds. The van der Waals surface area contributed by atoms with Crippen molar-refractivity contribution in [1.82, 2.24) is 5.32 Å². The molecule has 114 valence electrons. The maximum absolute atomic E-state index is 11.7. The Morgan fingerprint density at radius 1 is 1.24 bits per heavy atom. The topological polar surface area (TPSA) is 64.6 Å². The van der Waals surface area contributed by atoms with Crippen LogP contribution in [0, 0.1) is 5.41 Å². The lowest BCUT2D eigenvalue weighted by Crippen LogP contribution is -2.67. The molecule has 2 rings (SSSR count). The smallest absolute Gasteiger partial charge is 0.332 e. The van der Waals surface area contributed by atoms with Crippen molar-refractivity contribution >= 4 is 11.9 Å². The SMILES string of the molecule is CCC1(CC)C(=O)N[C@@H]1OCC(=O)OCc1ccccc1. The van der Waals surface area contributed by atoms with Crippen molar-refractivity contribution in [3.63, 3.8) is 0 Å². The van der Waals surface area contributed by atoms with Crippen LogP contribution < -0.4 is 5.32 Å². The van der Waals surface area contributed by atoms with Gasteiger partial charge < -0.3 is 14.8 Å². The van der Waals surface area contributed by atoms with Crippen molar-refractivity contribution in [2.24, 2.45) is 5.41 Å². The number of esters is 1. The van der Waals surface area contributed by atoms with E-state index in [9.17, 15) is 9.59 Å². The van der Waals surface area contributed by atoms with E-state index in [2.05, 4.69) is 5.32 Å². The molecule has 1 N–H and O–H groups in total. The predicted octanol–water partition coefficient (Wildman–Crippen LogP) is 2.01. The van der Waals surface area contributed by atoms with E-state index in [0.717, 1.165) is 5.56 Å². The maximum Gasteiger partial charge on any atom is 0.332 e. The van der Waals surface area contributed by atoms with Gasteiger partial charge in [-0.1, -0.05) is 44.2 Å². The summed E-state index contributed by atoms with van der Waals surface area (Å²) in [6.07, 6.45) is 0.988. The summed E-state index contributed by atoms with van der Waals surface area (Å²) in [6, 6.07) is 9.46. The lowest BCUT2D eigenvalue weighted by atomic mass is 9.73. The van der Waals surface area contributed by atoms with E-state index in [-0.39, 0.29) is 19.1 Å². The van der Waals surface area contributed by atoms with E-state index < -0.39 is 17.6 Å². The van der Waals surface area contributed by atoms with Crippen LogP contribution >= 0.6 is 0 Å². The zero-order chi connectivity index (χ0) is 15.3. The maximum atomic E-state index is 11.7. The number of hydrogen-bond acceptors (Lipinski definition) is 4. The molecule has 0 aromatic heterocycles. The molecule has 1 aromatic rings. The molecule has 1 saturated heterocycles. The number of ether oxygens (including phenoxy) is 2. The number of β-lactam (4-membered cyclic amide) rings is 1. The van der Waals surface area contributed by atoms with Gasteiger partial charge in [0.15, 0.2) is 0 Å². The molecule has 1 aliphatic rings. The third-order valence-corrected chi connectivity index (χ3v) is 4.09. The molecule has 0 saturated carbocycles. The summed E-state index contributed by atoms with van der Waals surface area (Å²) in [7, 11) is 0. The monoisotopic (exact) mass is 291 g/mol. The fourth-order valence-corrected chi connectivity index (χ4v) is 2.52. The summed E-state index contributed by atoms with van der Waals surface area (Å²) >= 11 is 0. The van der Waals surface area contributed by atoms with E-state index in [1.54, 1.807) is 0 Å². The van der Waals surface area contributed by atoms with Crippen molar-refractivity contribution in [3.05, 3.63) is 35.9 Å². The zero-order valence-electron chi connectivity index (χ0n) is 12.4. The van der Waals surface area contributed by atoms with Crippen LogP contribution in [0.3, 0.4) is 0 Å². The number of rotatable bonds is 7. The summed E-state index contributed by atoms with van der Waals surface area (Å²) in [5.41, 5.74) is 0.430. The Balaban J connectivity index is 1.76. The largest absolute Gasteiger partial charge is 0.459 e. The third-order valence-electron chi connectivity index (χ3n) is 4.09. The van der Waals surface area contributed by atoms with Crippen molar-refractivity contribution in [3.8, 4) is 0 Å². The lowest BCUT2D eigenvalue weighted by Gasteiger charge is -2.47. The van der Waals surface area contributed by atoms with Gasteiger partial charge >= 0.3 is 5.97 Å². The molecular weight excluding hydrogens is 270 g/mol. The van der Waals surface area contributed by atoms with E-state index >= 15 is 0 Å². The Hall–Kier alpha value is -1.88. The van der Waals surface area contributed by atoms with Gasteiger partial charge in [-0.05, 0) is 18.4 Å². The molecule has 5 nitrogen and oxygen atoms in total. The van der Waals surface area contributed by atoms with Crippen LogP contribution in [-0.4, -0.2) is 24.7 Å². The van der Waals surface area contributed by atoms with Crippen LogP contribution in [0.2, 0.25) is 0 Å². The second kappa shape index (κ2) is 6.72. The van der Waals surface area contributed by atoms with Crippen LogP contribution in [-0.2, 0) is 25.7 Å². The third kappa shape index (κ3) is 3.24. The fourth-order valence-electron chi connectivity index (χ4n) is 2.52. The summed E-state index contributed by atoms with van der Waals surface area (Å²) in [5.74, 6) is -0.434. The van der Waals surface area contributed by atoms with Gasteiger partial charge in [0.1, 0.15) is 19.4 Å². The van der Waals surface area contributed by atoms with Gasteiger partial charge in [0.2, 0.25) is 5.91 Å². The highest BCUT2D eigenvalue weighted by Crippen LogP contribution is 2.38. The molecule has 5 heteroatoms. The molecular formula is C16H21NO4. The summed E-state index contributed by atoms with van der Waals surface area (Å²) in [4.78, 5) is 23.3. The number of amides is 1. The van der Waals surface area contributed by atoms with Crippen molar-refractivity contribution in [1.29, 1.82) is 0 Å².